The van der Waals surface area contributed by atoms with Crippen LogP contribution < -0.4 is 5.32 Å². The molecule has 0 aromatic heterocycles. The van der Waals surface area contributed by atoms with Crippen LogP contribution in [0.15, 0.2) is 48.6 Å². The van der Waals surface area contributed by atoms with E-state index in [0.717, 1.165) is 5.56 Å². The Labute approximate surface area is 146 Å². The molecule has 0 spiro atoms. The molecule has 1 aliphatic rings. The van der Waals surface area contributed by atoms with E-state index < -0.39 is 43.2 Å². The van der Waals surface area contributed by atoms with Gasteiger partial charge in [0.05, 0.1) is 6.61 Å². The Kier molecular flexibility index (Phi) is 7.30. The first kappa shape index (κ1) is 19.3. The summed E-state index contributed by atoms with van der Waals surface area (Å²) in [5.74, 6) is -0.470. The zero-order valence-electron chi connectivity index (χ0n) is 13.9. The van der Waals surface area contributed by atoms with E-state index in [-0.39, 0.29) is 0 Å². The summed E-state index contributed by atoms with van der Waals surface area (Å²) in [5, 5.41) is 31.7. The number of amides is 1. The molecule has 0 radical (unpaired) electrons. The molecule has 1 heterocycles. The van der Waals surface area contributed by atoms with Gasteiger partial charge < -0.3 is 30.1 Å². The van der Waals surface area contributed by atoms with Crippen LogP contribution >= 0.6 is 0 Å². The lowest BCUT2D eigenvalue weighted by atomic mass is 9.97. The number of hydrogen-bond acceptors (Lipinski definition) is 6. The number of carbonyl (C=O) groups excluding carboxylic acids is 1. The quantitative estimate of drug-likeness (QED) is 0.419. The monoisotopic (exact) mass is 349 g/mol. The zero-order valence-corrected chi connectivity index (χ0v) is 13.9. The number of aliphatic hydroxyl groups is 3. The summed E-state index contributed by atoms with van der Waals surface area (Å²) in [5.41, 5.74) is 1.00. The second-order valence-electron chi connectivity index (χ2n) is 5.61. The number of benzene rings is 1. The van der Waals surface area contributed by atoms with Gasteiger partial charge in [-0.3, -0.25) is 4.79 Å². The minimum absolute atomic E-state index is 0.469. The predicted octanol–water partition coefficient (Wildman–Crippen LogP) is -0.174. The lowest BCUT2D eigenvalue weighted by Crippen LogP contribution is -2.64. The molecule has 1 aliphatic heterocycles. The summed E-state index contributed by atoms with van der Waals surface area (Å²) in [7, 11) is 1.35. The lowest BCUT2D eigenvalue weighted by Gasteiger charge is -2.41. The Bertz CT molecular complexity index is 601. The summed E-state index contributed by atoms with van der Waals surface area (Å²) in [4.78, 5) is 12.0. The molecule has 0 aliphatic carbocycles. The highest BCUT2D eigenvalue weighted by atomic mass is 16.7. The first-order chi connectivity index (χ1) is 12.1. The van der Waals surface area contributed by atoms with Gasteiger partial charge in [-0.1, -0.05) is 48.6 Å². The molecule has 7 heteroatoms. The maximum absolute atomic E-state index is 12.0. The van der Waals surface area contributed by atoms with Crippen molar-refractivity contribution in [2.45, 2.75) is 30.6 Å². The van der Waals surface area contributed by atoms with Crippen LogP contribution in [0.3, 0.4) is 0 Å². The minimum atomic E-state index is -1.33. The van der Waals surface area contributed by atoms with E-state index in [4.69, 9.17) is 14.6 Å². The van der Waals surface area contributed by atoms with Crippen LogP contribution in [0.25, 0.3) is 6.08 Å². The van der Waals surface area contributed by atoms with E-state index in [0.29, 0.717) is 0 Å². The molecule has 5 unspecified atom stereocenters. The van der Waals surface area contributed by atoms with Crippen molar-refractivity contribution >= 4 is 12.0 Å². The number of aliphatic hydroxyl groups excluding tert-OH is 3. The highest BCUT2D eigenvalue weighted by molar-refractivity contribution is 5.88. The predicted molar refractivity (Wildman–Crippen MR) is 91.3 cm³/mol. The maximum atomic E-state index is 12.0. The summed E-state index contributed by atoms with van der Waals surface area (Å²) in [6, 6.07) is 8.65. The second-order valence-corrected chi connectivity index (χ2v) is 5.61. The molecule has 1 aromatic carbocycles. The Morgan fingerprint density at radius 3 is 2.60 bits per heavy atom. The van der Waals surface area contributed by atoms with Crippen LogP contribution in [0, 0.1) is 0 Å². The molecule has 1 fully saturated rings. The van der Waals surface area contributed by atoms with Gasteiger partial charge in [0.2, 0.25) is 5.91 Å². The molecular weight excluding hydrogens is 326 g/mol. The van der Waals surface area contributed by atoms with E-state index in [1.807, 2.05) is 36.4 Å². The highest BCUT2D eigenvalue weighted by Gasteiger charge is 2.44. The van der Waals surface area contributed by atoms with Crippen LogP contribution in [-0.2, 0) is 14.3 Å². The first-order valence-corrected chi connectivity index (χ1v) is 7.92. The van der Waals surface area contributed by atoms with Gasteiger partial charge in [-0.15, -0.1) is 0 Å². The van der Waals surface area contributed by atoms with Gasteiger partial charge in [-0.05, 0) is 5.56 Å². The Morgan fingerprint density at radius 1 is 1.24 bits per heavy atom. The fraction of sp³-hybridized carbons (Fsp3) is 0.389. The van der Waals surface area contributed by atoms with Crippen LogP contribution in [0.2, 0.25) is 0 Å². The third-order valence-corrected chi connectivity index (χ3v) is 3.87. The minimum Gasteiger partial charge on any atom is -0.394 e. The lowest BCUT2D eigenvalue weighted by molar-refractivity contribution is -0.262. The van der Waals surface area contributed by atoms with Gasteiger partial charge in [-0.2, -0.15) is 0 Å². The molecule has 1 saturated heterocycles. The fourth-order valence-corrected chi connectivity index (χ4v) is 2.52. The number of carbonyl (C=O) groups is 1. The van der Waals surface area contributed by atoms with Crippen molar-refractivity contribution in [1.29, 1.82) is 0 Å². The topological polar surface area (TPSA) is 108 Å². The van der Waals surface area contributed by atoms with Gasteiger partial charge in [0, 0.05) is 13.2 Å². The van der Waals surface area contributed by atoms with Gasteiger partial charge in [0.25, 0.3) is 0 Å². The summed E-state index contributed by atoms with van der Waals surface area (Å²) < 4.78 is 10.4. The van der Waals surface area contributed by atoms with Crippen molar-refractivity contribution in [3.8, 4) is 0 Å². The van der Waals surface area contributed by atoms with Gasteiger partial charge >= 0.3 is 0 Å². The maximum Gasteiger partial charge on any atom is 0.244 e. The Hall–Kier alpha value is -2.03. The fourth-order valence-electron chi connectivity index (χ4n) is 2.52. The molecule has 7 nitrogen and oxygen atoms in total. The van der Waals surface area contributed by atoms with Gasteiger partial charge in [0.15, 0.2) is 6.29 Å². The summed E-state index contributed by atoms with van der Waals surface area (Å²) >= 11 is 0. The average Bonchev–Trinajstić information content (AvgIpc) is 2.64. The van der Waals surface area contributed by atoms with E-state index in [1.54, 1.807) is 12.2 Å². The number of hydrogen-bond donors (Lipinski definition) is 4. The standard InChI is InChI=1S/C18H23NO6/c1-24-18-15(17(23)16(22)13(11-20)25-18)19-14(21)10-6-5-9-12-7-3-2-4-8-12/h2-10,13,15-18,20,22-23H,11H2,1H3,(H,19,21). The van der Waals surface area contributed by atoms with Gasteiger partial charge in [0.1, 0.15) is 24.4 Å². The van der Waals surface area contributed by atoms with E-state index in [2.05, 4.69) is 5.32 Å². The van der Waals surface area contributed by atoms with Crippen LogP contribution in [0.1, 0.15) is 5.56 Å². The van der Waals surface area contributed by atoms with E-state index >= 15 is 0 Å². The first-order valence-electron chi connectivity index (χ1n) is 7.92. The van der Waals surface area contributed by atoms with Crippen molar-refractivity contribution in [3.63, 3.8) is 0 Å². The molecular formula is C18H23NO6. The van der Waals surface area contributed by atoms with Crippen molar-refractivity contribution in [2.75, 3.05) is 13.7 Å². The molecule has 136 valence electrons. The third kappa shape index (κ3) is 5.22. The molecule has 1 amide bonds. The second kappa shape index (κ2) is 9.45. The van der Waals surface area contributed by atoms with Crippen LogP contribution in [0.5, 0.6) is 0 Å². The van der Waals surface area contributed by atoms with Crippen LogP contribution in [0.4, 0.5) is 0 Å². The van der Waals surface area contributed by atoms with E-state index in [9.17, 15) is 15.0 Å². The SMILES string of the molecule is COC1OC(CO)C(O)C(O)C1NC(=O)C=CC=Cc1ccccc1. The molecule has 2 rings (SSSR count). The number of rotatable bonds is 6. The number of methoxy groups -OCH3 is 1. The normalized spacial score (nSPS) is 30.0. The molecule has 4 N–H and O–H groups in total. The van der Waals surface area contributed by atoms with Crippen molar-refractivity contribution < 1.29 is 29.6 Å². The Balaban J connectivity index is 1.94. The molecule has 0 bridgehead atoms. The van der Waals surface area contributed by atoms with Crippen molar-refractivity contribution in [1.82, 2.24) is 5.32 Å². The molecule has 1 aromatic rings. The highest BCUT2D eigenvalue weighted by Crippen LogP contribution is 2.21. The average molecular weight is 349 g/mol. The Morgan fingerprint density at radius 2 is 1.96 bits per heavy atom. The molecule has 0 saturated carbocycles. The van der Waals surface area contributed by atoms with E-state index in [1.165, 1.54) is 13.2 Å². The molecule has 5 atom stereocenters. The number of nitrogens with one attached hydrogen (secondary N) is 1. The largest absolute Gasteiger partial charge is 0.394 e. The van der Waals surface area contributed by atoms with Gasteiger partial charge in [-0.25, -0.2) is 0 Å². The summed E-state index contributed by atoms with van der Waals surface area (Å²) in [6.07, 6.45) is 1.81. The zero-order chi connectivity index (χ0) is 18.2. The van der Waals surface area contributed by atoms with Crippen molar-refractivity contribution in [3.05, 3.63) is 54.1 Å². The molecule has 25 heavy (non-hydrogen) atoms. The van der Waals surface area contributed by atoms with Crippen LogP contribution in [-0.4, -0.2) is 65.6 Å². The smallest absolute Gasteiger partial charge is 0.244 e. The summed E-state index contributed by atoms with van der Waals surface area (Å²) in [6.45, 7) is -0.469. The third-order valence-electron chi connectivity index (χ3n) is 3.87. The number of ether oxygens (including phenoxy) is 2. The number of allylic oxidation sites excluding steroid dienone is 2. The van der Waals surface area contributed by atoms with Crippen molar-refractivity contribution in [2.24, 2.45) is 0 Å².